The Morgan fingerprint density at radius 2 is 1.64 bits per heavy atom. The fourth-order valence-corrected chi connectivity index (χ4v) is 7.10. The molecule has 12 heteroatoms. The molecule has 39 heavy (non-hydrogen) atoms. The zero-order valence-electron chi connectivity index (χ0n) is 22.2. The molecule has 2 aromatic carbocycles. The number of ether oxygens (including phenoxy) is 1. The minimum absolute atomic E-state index is 0.0191. The third kappa shape index (κ3) is 6.98. The van der Waals surface area contributed by atoms with E-state index in [-0.39, 0.29) is 28.6 Å². The highest BCUT2D eigenvalue weighted by Crippen LogP contribution is 2.51. The lowest BCUT2D eigenvalue weighted by Gasteiger charge is -2.34. The first-order valence-electron chi connectivity index (χ1n) is 12.2. The van der Waals surface area contributed by atoms with E-state index in [2.05, 4.69) is 10.6 Å². The summed E-state index contributed by atoms with van der Waals surface area (Å²) in [5.41, 5.74) is 1.21. The number of aliphatic carboxylic acids is 1. The molecular formula is C27H31Cl2N3O6S. The number of nitrogens with zero attached hydrogens (tertiary/aromatic N) is 1. The summed E-state index contributed by atoms with van der Waals surface area (Å²) < 4.78 is 4.50. The minimum Gasteiger partial charge on any atom is -0.480 e. The molecule has 2 unspecified atom stereocenters. The molecule has 2 atom stereocenters. The Morgan fingerprint density at radius 3 is 2.18 bits per heavy atom. The van der Waals surface area contributed by atoms with Gasteiger partial charge < -0.3 is 20.5 Å². The lowest BCUT2D eigenvalue weighted by atomic mass is 9.98. The Kier molecular flexibility index (Phi) is 9.46. The molecule has 1 aliphatic rings. The van der Waals surface area contributed by atoms with Gasteiger partial charge in [0.2, 0.25) is 5.91 Å². The molecule has 3 amide bonds. The number of hydrogen-bond acceptors (Lipinski definition) is 6. The van der Waals surface area contributed by atoms with Crippen LogP contribution in [0.4, 0.5) is 10.5 Å². The van der Waals surface area contributed by atoms with Crippen molar-refractivity contribution >= 4 is 64.5 Å². The second kappa shape index (κ2) is 12.1. The summed E-state index contributed by atoms with van der Waals surface area (Å²) in [7, 11) is 0. The van der Waals surface area contributed by atoms with Gasteiger partial charge in [0.25, 0.3) is 5.91 Å². The van der Waals surface area contributed by atoms with Gasteiger partial charge in [-0.1, -0.05) is 41.4 Å². The van der Waals surface area contributed by atoms with E-state index in [4.69, 9.17) is 27.9 Å². The molecule has 1 heterocycles. The van der Waals surface area contributed by atoms with Crippen molar-refractivity contribution in [2.24, 2.45) is 0 Å². The van der Waals surface area contributed by atoms with Crippen molar-refractivity contribution in [2.45, 2.75) is 62.7 Å². The third-order valence-corrected chi connectivity index (χ3v) is 8.25. The molecule has 0 aromatic heterocycles. The Hall–Kier alpha value is -2.95. The molecule has 0 spiro atoms. The number of hydrogen-bond donors (Lipinski definition) is 3. The highest BCUT2D eigenvalue weighted by Gasteiger charge is 2.57. The number of benzene rings is 2. The fraction of sp³-hybridized carbons (Fsp3) is 0.407. The summed E-state index contributed by atoms with van der Waals surface area (Å²) >= 11 is 13.6. The lowest BCUT2D eigenvalue weighted by molar-refractivity contribution is -0.142. The zero-order valence-corrected chi connectivity index (χ0v) is 24.5. The molecule has 9 nitrogen and oxygen atoms in total. The lowest BCUT2D eigenvalue weighted by Crippen LogP contribution is -2.59. The van der Waals surface area contributed by atoms with Crippen molar-refractivity contribution in [3.8, 4) is 0 Å². The monoisotopic (exact) mass is 595 g/mol. The molecule has 1 aliphatic heterocycles. The van der Waals surface area contributed by atoms with Gasteiger partial charge in [-0.2, -0.15) is 0 Å². The molecular weight excluding hydrogens is 565 g/mol. The number of carboxylic acid groups (broad SMARTS) is 1. The highest BCUT2D eigenvalue weighted by atomic mass is 35.5. The molecule has 1 saturated heterocycles. The topological polar surface area (TPSA) is 125 Å². The zero-order chi connectivity index (χ0) is 29.1. The molecule has 3 rings (SSSR count). The SMILES string of the molecule is CCOC(=O)N1C(C(=O)NC(Cc2ccc(NC(=O)c3c(Cl)cccc3Cl)cc2)C(=O)O)C(C)(C)SC1(C)C. The van der Waals surface area contributed by atoms with Crippen molar-refractivity contribution in [3.63, 3.8) is 0 Å². The van der Waals surface area contributed by atoms with E-state index in [1.54, 1.807) is 49.4 Å². The number of halogens is 2. The maximum Gasteiger partial charge on any atom is 0.411 e. The van der Waals surface area contributed by atoms with Crippen molar-refractivity contribution < 1.29 is 29.0 Å². The Bertz CT molecular complexity index is 1250. The van der Waals surface area contributed by atoms with Crippen LogP contribution in [0.25, 0.3) is 0 Å². The summed E-state index contributed by atoms with van der Waals surface area (Å²) in [6, 6.07) is 9.07. The Balaban J connectivity index is 1.74. The molecule has 210 valence electrons. The van der Waals surface area contributed by atoms with Gasteiger partial charge in [-0.05, 0) is 64.4 Å². The molecule has 2 aromatic rings. The van der Waals surface area contributed by atoms with Crippen molar-refractivity contribution in [1.29, 1.82) is 0 Å². The van der Waals surface area contributed by atoms with Gasteiger partial charge in [0.05, 0.1) is 27.1 Å². The Morgan fingerprint density at radius 1 is 1.05 bits per heavy atom. The van der Waals surface area contributed by atoms with Crippen LogP contribution in [-0.4, -0.2) is 62.2 Å². The minimum atomic E-state index is -1.26. The fourth-order valence-electron chi connectivity index (χ4n) is 4.64. The average molecular weight is 597 g/mol. The largest absolute Gasteiger partial charge is 0.480 e. The van der Waals surface area contributed by atoms with Crippen LogP contribution in [0.1, 0.15) is 50.5 Å². The number of rotatable bonds is 8. The predicted octanol–water partition coefficient (Wildman–Crippen LogP) is 5.45. The maximum atomic E-state index is 13.4. The van der Waals surface area contributed by atoms with E-state index in [1.807, 2.05) is 27.7 Å². The number of amides is 3. The van der Waals surface area contributed by atoms with Crippen LogP contribution < -0.4 is 10.6 Å². The first-order valence-corrected chi connectivity index (χ1v) is 13.8. The van der Waals surface area contributed by atoms with Gasteiger partial charge in [-0.15, -0.1) is 11.8 Å². The molecule has 3 N–H and O–H groups in total. The quantitative estimate of drug-likeness (QED) is 0.370. The van der Waals surface area contributed by atoms with Crippen LogP contribution in [-0.2, 0) is 20.7 Å². The van der Waals surface area contributed by atoms with Gasteiger partial charge in [0.15, 0.2) is 0 Å². The second-order valence-corrected chi connectivity index (χ2v) is 13.0. The van der Waals surface area contributed by atoms with Crippen molar-refractivity contribution in [1.82, 2.24) is 10.2 Å². The predicted molar refractivity (Wildman–Crippen MR) is 153 cm³/mol. The number of thioether (sulfide) groups is 1. The van der Waals surface area contributed by atoms with Crippen molar-refractivity contribution in [3.05, 3.63) is 63.6 Å². The van der Waals surface area contributed by atoms with Gasteiger partial charge in [-0.3, -0.25) is 14.5 Å². The highest BCUT2D eigenvalue weighted by molar-refractivity contribution is 8.02. The third-order valence-electron chi connectivity index (χ3n) is 6.18. The van der Waals surface area contributed by atoms with E-state index < -0.39 is 45.6 Å². The molecule has 0 aliphatic carbocycles. The molecule has 0 bridgehead atoms. The van der Waals surface area contributed by atoms with Crippen molar-refractivity contribution in [2.75, 3.05) is 11.9 Å². The summed E-state index contributed by atoms with van der Waals surface area (Å²) in [5.74, 6) is -2.29. The van der Waals surface area contributed by atoms with E-state index in [1.165, 1.54) is 16.7 Å². The molecule has 0 saturated carbocycles. The number of carbonyl (C=O) groups is 4. The van der Waals surface area contributed by atoms with Crippen LogP contribution in [0, 0.1) is 0 Å². The van der Waals surface area contributed by atoms with E-state index >= 15 is 0 Å². The number of carboxylic acids is 1. The van der Waals surface area contributed by atoms with Crippen LogP contribution in [0.3, 0.4) is 0 Å². The number of nitrogens with one attached hydrogen (secondary N) is 2. The summed E-state index contributed by atoms with van der Waals surface area (Å²) in [6.07, 6.45) is -0.655. The van der Waals surface area contributed by atoms with E-state index in [0.717, 1.165) is 0 Å². The second-order valence-electron chi connectivity index (χ2n) is 9.97. The van der Waals surface area contributed by atoms with Crippen LogP contribution in [0.15, 0.2) is 42.5 Å². The number of anilines is 1. The van der Waals surface area contributed by atoms with E-state index in [9.17, 15) is 24.3 Å². The number of carbonyl (C=O) groups excluding carboxylic acids is 3. The van der Waals surface area contributed by atoms with Crippen LogP contribution in [0.5, 0.6) is 0 Å². The van der Waals surface area contributed by atoms with Gasteiger partial charge in [-0.25, -0.2) is 9.59 Å². The summed E-state index contributed by atoms with van der Waals surface area (Å²) in [5, 5.41) is 15.6. The molecule has 1 fully saturated rings. The summed E-state index contributed by atoms with van der Waals surface area (Å²) in [6.45, 7) is 9.13. The smallest absolute Gasteiger partial charge is 0.411 e. The van der Waals surface area contributed by atoms with Gasteiger partial charge in [0, 0.05) is 16.9 Å². The summed E-state index contributed by atoms with van der Waals surface area (Å²) in [4.78, 5) is 51.5. The Labute approximate surface area is 241 Å². The normalized spacial score (nSPS) is 18.2. The standard InChI is InChI=1S/C27H31Cl2N3O6S/c1-6-38-25(37)32-21(26(2,3)39-27(32,4)5)23(34)31-19(24(35)36)14-15-10-12-16(13-11-15)30-22(33)20-17(28)8-7-9-18(20)29/h7-13,19,21H,6,14H2,1-5H3,(H,30,33)(H,31,34)(H,35,36). The maximum absolute atomic E-state index is 13.4. The van der Waals surface area contributed by atoms with Gasteiger partial charge >= 0.3 is 12.1 Å². The first-order chi connectivity index (χ1) is 18.2. The van der Waals surface area contributed by atoms with Crippen LogP contribution >= 0.6 is 35.0 Å². The molecule has 0 radical (unpaired) electrons. The average Bonchev–Trinajstić information content (AvgIpc) is 3.02. The van der Waals surface area contributed by atoms with Crippen LogP contribution in [0.2, 0.25) is 10.0 Å². The van der Waals surface area contributed by atoms with E-state index in [0.29, 0.717) is 11.3 Å². The van der Waals surface area contributed by atoms with Gasteiger partial charge in [0.1, 0.15) is 12.1 Å². The first kappa shape index (κ1) is 30.6.